The van der Waals surface area contributed by atoms with E-state index in [0.29, 0.717) is 0 Å². The van der Waals surface area contributed by atoms with E-state index in [9.17, 15) is 13.6 Å². The van der Waals surface area contributed by atoms with Gasteiger partial charge in [-0.3, -0.25) is 4.79 Å². The van der Waals surface area contributed by atoms with Crippen LogP contribution in [0.3, 0.4) is 0 Å². The zero-order chi connectivity index (χ0) is 10.3. The van der Waals surface area contributed by atoms with Crippen molar-refractivity contribution in [1.29, 1.82) is 0 Å². The molecule has 0 aliphatic heterocycles. The van der Waals surface area contributed by atoms with Crippen LogP contribution in [-0.2, 0) is 5.92 Å². The molecule has 0 bridgehead atoms. The number of alkyl halides is 2. The second-order valence-corrected chi connectivity index (χ2v) is 3.36. The molecule has 1 N–H and O–H groups in total. The maximum Gasteiger partial charge on any atom is 0.274 e. The average Bonchev–Trinajstić information content (AvgIpc) is 2.12. The molecule has 0 amide bonds. The molecule has 0 aromatic heterocycles. The molecule has 74 valence electrons. The van der Waals surface area contributed by atoms with Crippen LogP contribution in [0.1, 0.15) is 28.8 Å². The van der Waals surface area contributed by atoms with Crippen LogP contribution in [0.25, 0.3) is 0 Å². The van der Waals surface area contributed by atoms with Crippen molar-refractivity contribution in [2.45, 2.75) is 18.8 Å². The molecular weight excluding hydrogens is 190 g/mol. The lowest BCUT2D eigenvalue weighted by atomic mass is 9.87. The van der Waals surface area contributed by atoms with E-state index in [0.717, 1.165) is 12.1 Å². The predicted molar refractivity (Wildman–Crippen MR) is 45.6 cm³/mol. The zero-order valence-electron chi connectivity index (χ0n) is 7.26. The Balaban J connectivity index is 2.63. The summed E-state index contributed by atoms with van der Waals surface area (Å²) in [5.74, 6) is -3.44. The van der Waals surface area contributed by atoms with Crippen molar-refractivity contribution in [3.05, 3.63) is 29.3 Å². The highest BCUT2D eigenvalue weighted by atomic mass is 19.3. The second-order valence-electron chi connectivity index (χ2n) is 3.36. The molecule has 14 heavy (non-hydrogen) atoms. The summed E-state index contributed by atoms with van der Waals surface area (Å²) in [5, 5.41) is 9.08. The third-order valence-corrected chi connectivity index (χ3v) is 2.36. The van der Waals surface area contributed by atoms with Crippen LogP contribution in [0.4, 0.5) is 8.78 Å². The minimum atomic E-state index is -2.95. The van der Waals surface area contributed by atoms with Crippen LogP contribution in [0.15, 0.2) is 18.2 Å². The number of Topliss-reactive ketones (excluding diaryl/α,β-unsaturated/α-hetero) is 1. The molecule has 0 spiro atoms. The number of hydrogen-bond donors (Lipinski definition) is 1. The van der Waals surface area contributed by atoms with Crippen molar-refractivity contribution in [2.24, 2.45) is 0 Å². The Bertz CT molecular complexity index is 399. The number of ketones is 1. The molecule has 0 heterocycles. The fourth-order valence-electron chi connectivity index (χ4n) is 1.62. The van der Waals surface area contributed by atoms with Gasteiger partial charge in [-0.2, -0.15) is 0 Å². The fourth-order valence-corrected chi connectivity index (χ4v) is 1.62. The van der Waals surface area contributed by atoms with Crippen molar-refractivity contribution in [3.8, 4) is 5.75 Å². The van der Waals surface area contributed by atoms with Gasteiger partial charge in [0.15, 0.2) is 5.78 Å². The normalized spacial score (nSPS) is 19.1. The number of aromatic hydroxyl groups is 1. The van der Waals surface area contributed by atoms with Crippen LogP contribution >= 0.6 is 0 Å². The van der Waals surface area contributed by atoms with E-state index in [2.05, 4.69) is 0 Å². The smallest absolute Gasteiger partial charge is 0.274 e. The summed E-state index contributed by atoms with van der Waals surface area (Å²) in [6.45, 7) is 0. The molecule has 0 saturated carbocycles. The monoisotopic (exact) mass is 198 g/mol. The van der Waals surface area contributed by atoms with Crippen molar-refractivity contribution in [2.75, 3.05) is 0 Å². The number of carbonyl (C=O) groups is 1. The molecule has 1 aliphatic carbocycles. The Morgan fingerprint density at radius 3 is 2.79 bits per heavy atom. The molecule has 0 saturated heterocycles. The lowest BCUT2D eigenvalue weighted by Gasteiger charge is -2.23. The predicted octanol–water partition coefficient (Wildman–Crippen LogP) is 2.46. The van der Waals surface area contributed by atoms with Gasteiger partial charge in [-0.15, -0.1) is 0 Å². The van der Waals surface area contributed by atoms with Crippen molar-refractivity contribution in [3.63, 3.8) is 0 Å². The molecule has 0 atom stereocenters. The largest absolute Gasteiger partial charge is 0.508 e. The SMILES string of the molecule is O=C1CCC(F)(F)c2ccc(O)cc21. The van der Waals surface area contributed by atoms with E-state index < -0.39 is 12.3 Å². The first-order valence-electron chi connectivity index (χ1n) is 4.25. The van der Waals surface area contributed by atoms with Gasteiger partial charge in [0.2, 0.25) is 0 Å². The first kappa shape index (κ1) is 9.12. The van der Waals surface area contributed by atoms with Crippen LogP contribution in [0.2, 0.25) is 0 Å². The van der Waals surface area contributed by atoms with E-state index in [1.807, 2.05) is 0 Å². The molecule has 0 fully saturated rings. The molecule has 1 aromatic rings. The molecule has 0 unspecified atom stereocenters. The molecule has 0 radical (unpaired) electrons. The van der Waals surface area contributed by atoms with Crippen LogP contribution in [0.5, 0.6) is 5.75 Å². The highest BCUT2D eigenvalue weighted by Gasteiger charge is 2.39. The van der Waals surface area contributed by atoms with Gasteiger partial charge in [0.25, 0.3) is 5.92 Å². The van der Waals surface area contributed by atoms with Crippen molar-refractivity contribution in [1.82, 2.24) is 0 Å². The third-order valence-electron chi connectivity index (χ3n) is 2.36. The van der Waals surface area contributed by atoms with Crippen LogP contribution < -0.4 is 0 Å². The Kier molecular flexibility index (Phi) is 1.80. The van der Waals surface area contributed by atoms with Gasteiger partial charge >= 0.3 is 0 Å². The molecule has 1 aliphatic rings. The highest BCUT2D eigenvalue weighted by molar-refractivity contribution is 5.99. The number of rotatable bonds is 0. The van der Waals surface area contributed by atoms with Gasteiger partial charge < -0.3 is 5.11 Å². The Morgan fingerprint density at radius 2 is 2.07 bits per heavy atom. The minimum Gasteiger partial charge on any atom is -0.508 e. The minimum absolute atomic E-state index is 0.0544. The van der Waals surface area contributed by atoms with E-state index in [1.165, 1.54) is 6.07 Å². The van der Waals surface area contributed by atoms with Gasteiger partial charge in [-0.1, -0.05) is 0 Å². The van der Waals surface area contributed by atoms with Crippen molar-refractivity contribution >= 4 is 5.78 Å². The van der Waals surface area contributed by atoms with E-state index in [1.54, 1.807) is 0 Å². The number of phenols is 1. The summed E-state index contributed by atoms with van der Waals surface area (Å²) in [5.41, 5.74) is -0.326. The number of hydrogen-bond acceptors (Lipinski definition) is 2. The van der Waals surface area contributed by atoms with Gasteiger partial charge in [0, 0.05) is 24.0 Å². The van der Waals surface area contributed by atoms with E-state index in [-0.39, 0.29) is 29.1 Å². The molecule has 2 nitrogen and oxygen atoms in total. The Morgan fingerprint density at radius 1 is 1.36 bits per heavy atom. The Hall–Kier alpha value is -1.45. The topological polar surface area (TPSA) is 37.3 Å². The average molecular weight is 198 g/mol. The molecule has 1 aromatic carbocycles. The number of carbonyl (C=O) groups excluding carboxylic acids is 1. The first-order chi connectivity index (χ1) is 6.50. The van der Waals surface area contributed by atoms with Crippen LogP contribution in [-0.4, -0.2) is 10.9 Å². The standard InChI is InChI=1S/C10H8F2O2/c11-10(12)4-3-9(14)7-5-6(13)1-2-8(7)10/h1-2,5,13H,3-4H2. The Labute approximate surface area is 79.2 Å². The summed E-state index contributed by atoms with van der Waals surface area (Å²) in [4.78, 5) is 11.3. The maximum atomic E-state index is 13.3. The second kappa shape index (κ2) is 2.77. The molecule has 4 heteroatoms. The summed E-state index contributed by atoms with van der Waals surface area (Å²) < 4.78 is 26.5. The van der Waals surface area contributed by atoms with Gasteiger partial charge in [-0.05, 0) is 18.2 Å². The summed E-state index contributed by atoms with van der Waals surface area (Å²) in [6.07, 6.45) is -0.604. The summed E-state index contributed by atoms with van der Waals surface area (Å²) in [6, 6.07) is 3.39. The zero-order valence-corrected chi connectivity index (χ0v) is 7.26. The van der Waals surface area contributed by atoms with E-state index >= 15 is 0 Å². The van der Waals surface area contributed by atoms with E-state index in [4.69, 9.17) is 5.11 Å². The van der Waals surface area contributed by atoms with Crippen LogP contribution in [0, 0.1) is 0 Å². The lowest BCUT2D eigenvalue weighted by molar-refractivity contribution is -0.0192. The summed E-state index contributed by atoms with van der Waals surface area (Å²) in [7, 11) is 0. The third kappa shape index (κ3) is 1.27. The number of benzene rings is 1. The van der Waals surface area contributed by atoms with Gasteiger partial charge in [-0.25, -0.2) is 8.78 Å². The van der Waals surface area contributed by atoms with Gasteiger partial charge in [0.1, 0.15) is 5.75 Å². The van der Waals surface area contributed by atoms with Gasteiger partial charge in [0.05, 0.1) is 0 Å². The quantitative estimate of drug-likeness (QED) is 0.695. The number of halogens is 2. The van der Waals surface area contributed by atoms with Crippen molar-refractivity contribution < 1.29 is 18.7 Å². The molecular formula is C10H8F2O2. The first-order valence-corrected chi connectivity index (χ1v) is 4.25. The number of phenolic OH excluding ortho intramolecular Hbond substituents is 1. The number of fused-ring (bicyclic) bond motifs is 1. The molecule has 2 rings (SSSR count). The maximum absolute atomic E-state index is 13.3. The summed E-state index contributed by atoms with van der Waals surface area (Å²) >= 11 is 0. The lowest BCUT2D eigenvalue weighted by Crippen LogP contribution is -2.24. The highest BCUT2D eigenvalue weighted by Crippen LogP contribution is 2.40. The fraction of sp³-hybridized carbons (Fsp3) is 0.300.